The number of hydrogen-bond acceptors (Lipinski definition) is 7. The molecule has 2 aromatic carbocycles. The minimum Gasteiger partial charge on any atom is -0.491 e. The maximum Gasteiger partial charge on any atom is 0.132 e. The number of halogens is 3. The van der Waals surface area contributed by atoms with E-state index in [9.17, 15) is 15.3 Å². The fourth-order valence-corrected chi connectivity index (χ4v) is 4.70. The van der Waals surface area contributed by atoms with E-state index in [1.165, 1.54) is 0 Å². The van der Waals surface area contributed by atoms with Gasteiger partial charge in [-0.2, -0.15) is 0 Å². The lowest BCUT2D eigenvalue weighted by Gasteiger charge is -2.27. The van der Waals surface area contributed by atoms with Gasteiger partial charge in [-0.15, -0.1) is 16.7 Å². The smallest absolute Gasteiger partial charge is 0.132 e. The second kappa shape index (κ2) is 12.9. The summed E-state index contributed by atoms with van der Waals surface area (Å²) in [7, 11) is 0. The number of benzene rings is 2. The molecule has 3 aromatic rings. The number of rotatable bonds is 12. The number of aromatic nitrogens is 3. The van der Waals surface area contributed by atoms with Gasteiger partial charge in [0.05, 0.1) is 22.6 Å². The molecular formula is C24H28ClI2N3O5. The van der Waals surface area contributed by atoms with Crippen molar-refractivity contribution >= 4 is 56.8 Å². The number of aliphatic hydroxyl groups excluding tert-OH is 3. The molecule has 2 atom stereocenters. The number of hydrogen-bond donors (Lipinski definition) is 3. The Bertz CT molecular complexity index is 1110. The lowest BCUT2D eigenvalue weighted by atomic mass is 9.78. The highest BCUT2D eigenvalue weighted by atomic mass is 127. The zero-order chi connectivity index (χ0) is 25.6. The van der Waals surface area contributed by atoms with E-state index in [-0.39, 0.29) is 37.7 Å². The van der Waals surface area contributed by atoms with Gasteiger partial charge in [-0.3, -0.25) is 0 Å². The number of aliphatic hydroxyl groups is 3. The van der Waals surface area contributed by atoms with Gasteiger partial charge in [-0.05, 0) is 80.6 Å². The fourth-order valence-electron chi connectivity index (χ4n) is 3.37. The third-order valence-electron chi connectivity index (χ3n) is 5.55. The van der Waals surface area contributed by atoms with Crippen LogP contribution < -0.4 is 9.47 Å². The van der Waals surface area contributed by atoms with Crippen molar-refractivity contribution in [1.29, 1.82) is 0 Å². The summed E-state index contributed by atoms with van der Waals surface area (Å²) < 4.78 is 14.6. The van der Waals surface area contributed by atoms with Crippen molar-refractivity contribution in [2.45, 2.75) is 44.6 Å². The van der Waals surface area contributed by atoms with E-state index in [2.05, 4.69) is 52.8 Å². The average Bonchev–Trinajstić information content (AvgIpc) is 3.20. The highest BCUT2D eigenvalue weighted by Crippen LogP contribution is 2.35. The van der Waals surface area contributed by atoms with Crippen molar-refractivity contribution < 1.29 is 24.8 Å². The minimum absolute atomic E-state index is 0.102. The topological polar surface area (TPSA) is 110 Å². The van der Waals surface area contributed by atoms with Crippen LogP contribution in [0.4, 0.5) is 0 Å². The van der Waals surface area contributed by atoms with Crippen LogP contribution in [0, 0.1) is 7.27 Å². The molecule has 0 amide bonds. The Morgan fingerprint density at radius 1 is 1.00 bits per heavy atom. The van der Waals surface area contributed by atoms with E-state index in [0.717, 1.165) is 14.7 Å². The van der Waals surface area contributed by atoms with Crippen molar-refractivity contribution in [2.24, 2.45) is 0 Å². The first-order chi connectivity index (χ1) is 16.6. The molecule has 0 saturated heterocycles. The molecule has 190 valence electrons. The molecule has 0 unspecified atom stereocenters. The van der Waals surface area contributed by atoms with Crippen LogP contribution in [0.25, 0.3) is 0 Å². The monoisotopic (exact) mass is 727 g/mol. The quantitative estimate of drug-likeness (QED) is 0.193. The maximum absolute atomic E-state index is 10.3. The molecule has 1 heterocycles. The van der Waals surface area contributed by atoms with Crippen LogP contribution in [0.5, 0.6) is 11.5 Å². The van der Waals surface area contributed by atoms with Gasteiger partial charge >= 0.3 is 0 Å². The van der Waals surface area contributed by atoms with Gasteiger partial charge in [0.25, 0.3) is 0 Å². The van der Waals surface area contributed by atoms with E-state index >= 15 is 0 Å². The van der Waals surface area contributed by atoms with Gasteiger partial charge in [-0.1, -0.05) is 37.3 Å². The Morgan fingerprint density at radius 2 is 1.66 bits per heavy atom. The van der Waals surface area contributed by atoms with Crippen molar-refractivity contribution in [1.82, 2.24) is 15.0 Å². The molecule has 8 nitrogen and oxygen atoms in total. The van der Waals surface area contributed by atoms with Crippen molar-refractivity contribution in [2.75, 3.05) is 19.1 Å². The summed E-state index contributed by atoms with van der Waals surface area (Å²) in [6.07, 6.45) is -1.47. The fraction of sp³-hybridized carbons (Fsp3) is 0.417. The molecule has 0 bridgehead atoms. The third kappa shape index (κ3) is 7.41. The molecule has 0 saturated carbocycles. The summed E-state index contributed by atoms with van der Waals surface area (Å²) in [5.41, 5.74) is 2.46. The molecule has 0 radical (unpaired) electrons. The van der Waals surface area contributed by atoms with Gasteiger partial charge in [-0.25, -0.2) is 4.68 Å². The molecule has 11 heteroatoms. The van der Waals surface area contributed by atoms with Crippen LogP contribution in [0.2, 0.25) is 0 Å². The first kappa shape index (κ1) is 28.4. The lowest BCUT2D eigenvalue weighted by Crippen LogP contribution is -2.25. The Kier molecular flexibility index (Phi) is 10.4. The van der Waals surface area contributed by atoms with Gasteiger partial charge < -0.3 is 24.8 Å². The summed E-state index contributed by atoms with van der Waals surface area (Å²) >= 11 is 9.91. The predicted octanol–water partition coefficient (Wildman–Crippen LogP) is 3.72. The molecule has 3 N–H and O–H groups in total. The van der Waals surface area contributed by atoms with Gasteiger partial charge in [0.15, 0.2) is 0 Å². The molecule has 1 aromatic heterocycles. The molecule has 0 aliphatic heterocycles. The lowest BCUT2D eigenvalue weighted by molar-refractivity contribution is 0.0881. The molecule has 3 rings (SSSR count). The number of alkyl halides is 1. The molecule has 0 aliphatic rings. The van der Waals surface area contributed by atoms with E-state index in [0.29, 0.717) is 20.9 Å². The van der Waals surface area contributed by atoms with E-state index in [1.54, 1.807) is 4.68 Å². The van der Waals surface area contributed by atoms with Gasteiger partial charge in [0.1, 0.15) is 46.3 Å². The minimum atomic E-state index is -0.777. The first-order valence-electron chi connectivity index (χ1n) is 10.9. The van der Waals surface area contributed by atoms with E-state index in [1.807, 2.05) is 59.0 Å². The maximum atomic E-state index is 10.3. The molecule has 0 aliphatic carbocycles. The standard InChI is InChI=1S/C24H28ClI2N3O5/c1-24(2,16-5-8-22(20(26)9-16)35-13-17(32)10-25)15-3-6-19(7-4-15)34-14-18(33)11-30-23(27)21(12-31)28-29-30/h3-9,17-18,31-33H,10-14H2,1-2H3/t17-,18+/m1/s1. The molecule has 0 spiro atoms. The zero-order valence-corrected chi connectivity index (χ0v) is 24.4. The molecule has 35 heavy (non-hydrogen) atoms. The van der Waals surface area contributed by atoms with Crippen LogP contribution in [0.3, 0.4) is 0 Å². The van der Waals surface area contributed by atoms with Gasteiger partial charge in [0.2, 0.25) is 0 Å². The SMILES string of the molecule is CC(C)(c1ccc(OC[C@@H](O)Cn2nnc(CO)c2I)cc1)c1ccc(OC[C@H](O)CCl)c(I)c1. The van der Waals surface area contributed by atoms with E-state index < -0.39 is 12.2 Å². The van der Waals surface area contributed by atoms with Crippen molar-refractivity contribution in [3.8, 4) is 11.5 Å². The van der Waals surface area contributed by atoms with Crippen LogP contribution in [-0.2, 0) is 18.6 Å². The Labute approximate surface area is 236 Å². The van der Waals surface area contributed by atoms with Crippen LogP contribution in [0.15, 0.2) is 42.5 Å². The highest BCUT2D eigenvalue weighted by molar-refractivity contribution is 14.1. The summed E-state index contributed by atoms with van der Waals surface area (Å²) in [4.78, 5) is 0. The second-order valence-corrected chi connectivity index (χ2v) is 11.0. The Hall–Kier alpha value is -1.19. The molecule has 0 fully saturated rings. The summed E-state index contributed by atoms with van der Waals surface area (Å²) in [6.45, 7) is 4.58. The normalized spacial score (nSPS) is 13.5. The Balaban J connectivity index is 1.60. The van der Waals surface area contributed by atoms with Crippen molar-refractivity contribution in [3.05, 3.63) is 66.6 Å². The number of nitrogens with zero attached hydrogens (tertiary/aromatic N) is 3. The van der Waals surface area contributed by atoms with Crippen LogP contribution in [-0.4, -0.2) is 61.6 Å². The summed E-state index contributed by atoms with van der Waals surface area (Å²) in [6, 6.07) is 13.8. The summed E-state index contributed by atoms with van der Waals surface area (Å²) in [5, 5.41) is 37.0. The Morgan fingerprint density at radius 3 is 2.26 bits per heavy atom. The number of ether oxygens (including phenoxy) is 2. The van der Waals surface area contributed by atoms with Crippen molar-refractivity contribution in [3.63, 3.8) is 0 Å². The van der Waals surface area contributed by atoms with Crippen LogP contribution >= 0.6 is 56.8 Å². The average molecular weight is 728 g/mol. The first-order valence-corrected chi connectivity index (χ1v) is 13.6. The highest BCUT2D eigenvalue weighted by Gasteiger charge is 2.24. The predicted molar refractivity (Wildman–Crippen MR) is 150 cm³/mol. The third-order valence-corrected chi connectivity index (χ3v) is 7.93. The van der Waals surface area contributed by atoms with E-state index in [4.69, 9.17) is 21.1 Å². The van der Waals surface area contributed by atoms with Crippen LogP contribution in [0.1, 0.15) is 30.7 Å². The molecular weight excluding hydrogens is 700 g/mol. The van der Waals surface area contributed by atoms with Gasteiger partial charge in [0, 0.05) is 5.41 Å². The largest absolute Gasteiger partial charge is 0.491 e. The zero-order valence-electron chi connectivity index (χ0n) is 19.4. The summed E-state index contributed by atoms with van der Waals surface area (Å²) in [5.74, 6) is 1.50. The second-order valence-electron chi connectivity index (χ2n) is 8.55.